The smallest absolute Gasteiger partial charge is 0.339 e. The maximum Gasteiger partial charge on any atom is 0.339 e. The van der Waals surface area contributed by atoms with E-state index < -0.39 is 5.97 Å². The molecule has 106 valence electrons. The monoisotopic (exact) mass is 278 g/mol. The topological polar surface area (TPSA) is 78.1 Å². The molecule has 0 unspecified atom stereocenters. The van der Waals surface area contributed by atoms with Gasteiger partial charge >= 0.3 is 5.97 Å². The van der Waals surface area contributed by atoms with Crippen molar-refractivity contribution in [3.8, 4) is 17.2 Å². The number of furan rings is 1. The van der Waals surface area contributed by atoms with Gasteiger partial charge in [0.25, 0.3) is 0 Å². The molecule has 1 heterocycles. The van der Waals surface area contributed by atoms with Gasteiger partial charge < -0.3 is 23.7 Å². The van der Waals surface area contributed by atoms with Crippen LogP contribution in [0.2, 0.25) is 0 Å². The van der Waals surface area contributed by atoms with E-state index in [-0.39, 0.29) is 17.9 Å². The van der Waals surface area contributed by atoms with Crippen LogP contribution in [0.3, 0.4) is 0 Å². The Morgan fingerprint density at radius 3 is 2.30 bits per heavy atom. The van der Waals surface area contributed by atoms with Crippen LogP contribution in [0.1, 0.15) is 16.1 Å². The second-order valence-electron chi connectivity index (χ2n) is 3.90. The fourth-order valence-electron chi connectivity index (χ4n) is 1.66. The lowest BCUT2D eigenvalue weighted by atomic mass is 10.2. The number of rotatable bonds is 6. The third-order valence-corrected chi connectivity index (χ3v) is 2.67. The molecule has 1 N–H and O–H groups in total. The van der Waals surface area contributed by atoms with Crippen LogP contribution in [0.4, 0.5) is 0 Å². The van der Waals surface area contributed by atoms with Crippen LogP contribution in [0.25, 0.3) is 0 Å². The van der Waals surface area contributed by atoms with Gasteiger partial charge in [-0.05, 0) is 6.07 Å². The maximum absolute atomic E-state index is 10.9. The Hall–Kier alpha value is -2.63. The van der Waals surface area contributed by atoms with E-state index in [1.807, 2.05) is 0 Å². The predicted molar refractivity (Wildman–Crippen MR) is 69.5 cm³/mol. The number of carboxylic acids is 1. The molecular formula is C14H14O6. The number of ether oxygens (including phenoxy) is 3. The molecular weight excluding hydrogens is 264 g/mol. The van der Waals surface area contributed by atoms with Gasteiger partial charge in [0, 0.05) is 18.2 Å². The van der Waals surface area contributed by atoms with Crippen molar-refractivity contribution in [1.29, 1.82) is 0 Å². The average molecular weight is 278 g/mol. The first-order chi connectivity index (χ1) is 9.63. The van der Waals surface area contributed by atoms with Crippen LogP contribution < -0.4 is 14.2 Å². The Kier molecular flexibility index (Phi) is 4.14. The lowest BCUT2D eigenvalue weighted by Gasteiger charge is -2.09. The van der Waals surface area contributed by atoms with Gasteiger partial charge in [0.15, 0.2) is 5.76 Å². The zero-order chi connectivity index (χ0) is 14.5. The number of aromatic carboxylic acids is 1. The van der Waals surface area contributed by atoms with Crippen molar-refractivity contribution in [1.82, 2.24) is 0 Å². The van der Waals surface area contributed by atoms with Gasteiger partial charge in [0.05, 0.1) is 20.5 Å². The Morgan fingerprint density at radius 2 is 1.75 bits per heavy atom. The van der Waals surface area contributed by atoms with E-state index >= 15 is 0 Å². The summed E-state index contributed by atoms with van der Waals surface area (Å²) in [5, 5.41) is 8.96. The van der Waals surface area contributed by atoms with Crippen molar-refractivity contribution in [2.75, 3.05) is 14.2 Å². The first-order valence-electron chi connectivity index (χ1n) is 5.79. The Bertz CT molecular complexity index is 579. The summed E-state index contributed by atoms with van der Waals surface area (Å²) in [5.74, 6) is 0.850. The summed E-state index contributed by atoms with van der Waals surface area (Å²) in [4.78, 5) is 10.9. The standard InChI is InChI=1S/C14H14O6/c1-17-9-5-10(18-2)7-11(6-9)20-8-13-12(14(15)16)3-4-19-13/h3-7H,8H2,1-2H3,(H,15,16). The summed E-state index contributed by atoms with van der Waals surface area (Å²) in [6.45, 7) is 0.00492. The van der Waals surface area contributed by atoms with E-state index in [2.05, 4.69) is 0 Å². The van der Waals surface area contributed by atoms with Crippen molar-refractivity contribution in [3.05, 3.63) is 41.9 Å². The first-order valence-corrected chi connectivity index (χ1v) is 5.79. The zero-order valence-corrected chi connectivity index (χ0v) is 11.1. The number of carbonyl (C=O) groups is 1. The Morgan fingerprint density at radius 1 is 1.15 bits per heavy atom. The minimum atomic E-state index is -1.06. The highest BCUT2D eigenvalue weighted by atomic mass is 16.5. The maximum atomic E-state index is 10.9. The third kappa shape index (κ3) is 3.03. The van der Waals surface area contributed by atoms with E-state index in [4.69, 9.17) is 23.7 Å². The van der Waals surface area contributed by atoms with Crippen molar-refractivity contribution in [2.24, 2.45) is 0 Å². The van der Waals surface area contributed by atoms with Gasteiger partial charge in [0.2, 0.25) is 0 Å². The predicted octanol–water partition coefficient (Wildman–Crippen LogP) is 2.57. The molecule has 2 aromatic rings. The van der Waals surface area contributed by atoms with E-state index in [1.54, 1.807) is 18.2 Å². The molecule has 0 amide bonds. The van der Waals surface area contributed by atoms with Crippen LogP contribution in [0, 0.1) is 0 Å². The van der Waals surface area contributed by atoms with Crippen LogP contribution in [-0.2, 0) is 6.61 Å². The second kappa shape index (κ2) is 6.01. The highest BCUT2D eigenvalue weighted by molar-refractivity contribution is 5.88. The molecule has 0 aliphatic rings. The molecule has 0 aliphatic carbocycles. The summed E-state index contributed by atoms with van der Waals surface area (Å²) >= 11 is 0. The number of benzene rings is 1. The zero-order valence-electron chi connectivity index (χ0n) is 11.1. The van der Waals surface area contributed by atoms with Gasteiger partial charge in [-0.25, -0.2) is 4.79 Å². The van der Waals surface area contributed by atoms with Crippen LogP contribution in [0.15, 0.2) is 34.9 Å². The highest BCUT2D eigenvalue weighted by Crippen LogP contribution is 2.28. The molecule has 0 saturated carbocycles. The van der Waals surface area contributed by atoms with Crippen LogP contribution in [-0.4, -0.2) is 25.3 Å². The molecule has 0 aliphatic heterocycles. The summed E-state index contributed by atoms with van der Waals surface area (Å²) in [7, 11) is 3.07. The molecule has 0 radical (unpaired) electrons. The van der Waals surface area contributed by atoms with Gasteiger partial charge in [-0.3, -0.25) is 0 Å². The van der Waals surface area contributed by atoms with E-state index in [0.29, 0.717) is 17.2 Å². The largest absolute Gasteiger partial charge is 0.496 e. The fraction of sp³-hybridized carbons (Fsp3) is 0.214. The molecule has 1 aromatic heterocycles. The number of carboxylic acid groups (broad SMARTS) is 1. The number of hydrogen-bond acceptors (Lipinski definition) is 5. The van der Waals surface area contributed by atoms with Crippen molar-refractivity contribution in [3.63, 3.8) is 0 Å². The second-order valence-corrected chi connectivity index (χ2v) is 3.90. The first kappa shape index (κ1) is 13.8. The summed E-state index contributed by atoms with van der Waals surface area (Å²) in [6, 6.07) is 6.44. The third-order valence-electron chi connectivity index (χ3n) is 2.67. The fourth-order valence-corrected chi connectivity index (χ4v) is 1.66. The van der Waals surface area contributed by atoms with Gasteiger partial charge in [-0.2, -0.15) is 0 Å². The van der Waals surface area contributed by atoms with Crippen LogP contribution >= 0.6 is 0 Å². The lowest BCUT2D eigenvalue weighted by Crippen LogP contribution is -2.02. The van der Waals surface area contributed by atoms with E-state index in [0.717, 1.165) is 0 Å². The normalized spacial score (nSPS) is 10.1. The molecule has 0 atom stereocenters. The highest BCUT2D eigenvalue weighted by Gasteiger charge is 2.14. The molecule has 6 heteroatoms. The quantitative estimate of drug-likeness (QED) is 0.875. The van der Waals surface area contributed by atoms with Crippen molar-refractivity contribution in [2.45, 2.75) is 6.61 Å². The minimum Gasteiger partial charge on any atom is -0.496 e. The summed E-state index contributed by atoms with van der Waals surface area (Å²) < 4.78 is 20.8. The molecule has 6 nitrogen and oxygen atoms in total. The van der Waals surface area contributed by atoms with Crippen molar-refractivity contribution >= 4 is 5.97 Å². The van der Waals surface area contributed by atoms with Crippen LogP contribution in [0.5, 0.6) is 17.2 Å². The Balaban J connectivity index is 2.14. The number of methoxy groups -OCH3 is 2. The molecule has 0 saturated heterocycles. The Labute approximate surface area is 115 Å². The number of hydrogen-bond donors (Lipinski definition) is 1. The van der Waals surface area contributed by atoms with E-state index in [9.17, 15) is 4.79 Å². The summed E-state index contributed by atoms with van der Waals surface area (Å²) in [5.41, 5.74) is 0.0832. The molecule has 0 spiro atoms. The molecule has 1 aromatic carbocycles. The molecule has 20 heavy (non-hydrogen) atoms. The summed E-state index contributed by atoms with van der Waals surface area (Å²) in [6.07, 6.45) is 1.31. The molecule has 0 fully saturated rings. The minimum absolute atomic E-state index is 0.00492. The van der Waals surface area contributed by atoms with E-state index in [1.165, 1.54) is 26.5 Å². The lowest BCUT2D eigenvalue weighted by molar-refractivity contribution is 0.0691. The van der Waals surface area contributed by atoms with Gasteiger partial charge in [0.1, 0.15) is 29.4 Å². The van der Waals surface area contributed by atoms with Gasteiger partial charge in [-0.1, -0.05) is 0 Å². The average Bonchev–Trinajstić information content (AvgIpc) is 2.93. The molecule has 2 rings (SSSR count). The van der Waals surface area contributed by atoms with Crippen molar-refractivity contribution < 1.29 is 28.5 Å². The SMILES string of the molecule is COc1cc(OC)cc(OCc2occc2C(=O)O)c1. The van der Waals surface area contributed by atoms with Gasteiger partial charge in [-0.15, -0.1) is 0 Å². The molecule has 0 bridgehead atoms.